The van der Waals surface area contributed by atoms with Crippen molar-refractivity contribution in [2.24, 2.45) is 0 Å². The summed E-state index contributed by atoms with van der Waals surface area (Å²) in [6, 6.07) is 11.4. The van der Waals surface area contributed by atoms with Crippen LogP contribution in [-0.2, 0) is 19.7 Å². The number of aromatic nitrogens is 2. The second-order valence-corrected chi connectivity index (χ2v) is 6.70. The van der Waals surface area contributed by atoms with Gasteiger partial charge in [-0.1, -0.05) is 6.07 Å². The third-order valence-corrected chi connectivity index (χ3v) is 4.21. The van der Waals surface area contributed by atoms with Gasteiger partial charge in [-0.05, 0) is 62.2 Å². The lowest BCUT2D eigenvalue weighted by atomic mass is 10.1. The normalized spacial score (nSPS) is 10.8. The monoisotopic (exact) mass is 367 g/mol. The number of hydrogen-bond acceptors (Lipinski definition) is 4. The van der Waals surface area contributed by atoms with Gasteiger partial charge in [0.2, 0.25) is 0 Å². The highest BCUT2D eigenvalue weighted by Gasteiger charge is 2.17. The van der Waals surface area contributed by atoms with Crippen LogP contribution >= 0.6 is 0 Å². The Morgan fingerprint density at radius 1 is 1.19 bits per heavy atom. The molecule has 0 aliphatic rings. The van der Waals surface area contributed by atoms with E-state index in [-0.39, 0.29) is 12.5 Å². The molecule has 0 bridgehead atoms. The van der Waals surface area contributed by atoms with E-state index < -0.39 is 0 Å². The number of hydrogen-bond donors (Lipinski definition) is 0. The Kier molecular flexibility index (Phi) is 5.64. The summed E-state index contributed by atoms with van der Waals surface area (Å²) in [6.45, 7) is 7.60. The van der Waals surface area contributed by atoms with Crippen LogP contribution in [0.15, 0.2) is 47.0 Å². The highest BCUT2D eigenvalue weighted by atomic mass is 16.5. The van der Waals surface area contributed by atoms with Crippen LogP contribution in [0.2, 0.25) is 0 Å². The number of furan rings is 1. The van der Waals surface area contributed by atoms with Crippen molar-refractivity contribution in [1.29, 1.82) is 0 Å². The second kappa shape index (κ2) is 8.12. The maximum atomic E-state index is 12.6. The van der Waals surface area contributed by atoms with Gasteiger partial charge in [0.1, 0.15) is 18.1 Å². The van der Waals surface area contributed by atoms with Crippen molar-refractivity contribution in [3.05, 3.63) is 70.9 Å². The van der Waals surface area contributed by atoms with E-state index in [1.807, 2.05) is 49.8 Å². The Hall–Kier alpha value is -3.02. The summed E-state index contributed by atoms with van der Waals surface area (Å²) in [7, 11) is 1.74. The molecule has 27 heavy (non-hydrogen) atoms. The van der Waals surface area contributed by atoms with E-state index in [4.69, 9.17) is 9.15 Å². The number of nitrogens with zero attached hydrogens (tertiary/aromatic N) is 3. The molecule has 0 atom stereocenters. The minimum Gasteiger partial charge on any atom is -0.486 e. The lowest BCUT2D eigenvalue weighted by molar-refractivity contribution is 0.0747. The van der Waals surface area contributed by atoms with Gasteiger partial charge in [0.25, 0.3) is 5.91 Å². The van der Waals surface area contributed by atoms with E-state index in [1.165, 1.54) is 0 Å². The zero-order valence-electron chi connectivity index (χ0n) is 16.2. The quantitative estimate of drug-likeness (QED) is 0.634. The van der Waals surface area contributed by atoms with Crippen molar-refractivity contribution in [2.75, 3.05) is 7.05 Å². The molecule has 0 N–H and O–H groups in total. The largest absolute Gasteiger partial charge is 0.486 e. The smallest absolute Gasteiger partial charge is 0.289 e. The summed E-state index contributed by atoms with van der Waals surface area (Å²) in [6.07, 6.45) is 1.91. The van der Waals surface area contributed by atoms with Crippen LogP contribution < -0.4 is 4.74 Å². The molecule has 0 radical (unpaired) electrons. The lowest BCUT2D eigenvalue weighted by Gasteiger charge is -2.14. The summed E-state index contributed by atoms with van der Waals surface area (Å²) in [5, 5.41) is 4.40. The fourth-order valence-electron chi connectivity index (χ4n) is 2.91. The Labute approximate surface area is 159 Å². The van der Waals surface area contributed by atoms with Crippen molar-refractivity contribution in [1.82, 2.24) is 14.7 Å². The third-order valence-electron chi connectivity index (χ3n) is 4.21. The predicted molar refractivity (Wildman–Crippen MR) is 103 cm³/mol. The first-order chi connectivity index (χ1) is 12.9. The molecule has 0 saturated heterocycles. The van der Waals surface area contributed by atoms with Crippen LogP contribution in [-0.4, -0.2) is 27.6 Å². The molecular formula is C21H25N3O3. The van der Waals surface area contributed by atoms with Crippen LogP contribution in [0.3, 0.4) is 0 Å². The van der Waals surface area contributed by atoms with Gasteiger partial charge < -0.3 is 14.1 Å². The fourth-order valence-corrected chi connectivity index (χ4v) is 2.91. The maximum absolute atomic E-state index is 12.6. The molecule has 6 nitrogen and oxygen atoms in total. The molecule has 2 heterocycles. The van der Waals surface area contributed by atoms with Gasteiger partial charge >= 0.3 is 0 Å². The molecule has 3 aromatic rings. The average Bonchev–Trinajstić information content (AvgIpc) is 3.27. The maximum Gasteiger partial charge on any atom is 0.289 e. The van der Waals surface area contributed by atoms with Gasteiger partial charge in [-0.15, -0.1) is 0 Å². The highest BCUT2D eigenvalue weighted by molar-refractivity contribution is 5.91. The van der Waals surface area contributed by atoms with E-state index in [9.17, 15) is 4.79 Å². The predicted octanol–water partition coefficient (Wildman–Crippen LogP) is 3.96. The van der Waals surface area contributed by atoms with Gasteiger partial charge in [-0.25, -0.2) is 0 Å². The van der Waals surface area contributed by atoms with Crippen molar-refractivity contribution in [3.63, 3.8) is 0 Å². The Balaban J connectivity index is 1.59. The van der Waals surface area contributed by atoms with Crippen LogP contribution in [0.25, 0.3) is 0 Å². The number of carbonyl (C=O) groups excluding carboxylic acids is 1. The van der Waals surface area contributed by atoms with Crippen molar-refractivity contribution >= 4 is 5.91 Å². The summed E-state index contributed by atoms with van der Waals surface area (Å²) in [5.74, 6) is 1.52. The molecule has 1 amide bonds. The minimum absolute atomic E-state index is 0.182. The molecule has 1 aromatic carbocycles. The first-order valence-electron chi connectivity index (χ1n) is 9.02. The van der Waals surface area contributed by atoms with E-state index in [2.05, 4.69) is 11.2 Å². The molecule has 0 aliphatic heterocycles. The molecular weight excluding hydrogens is 342 g/mol. The van der Waals surface area contributed by atoms with Gasteiger partial charge in [-0.2, -0.15) is 5.10 Å². The minimum atomic E-state index is -0.182. The average molecular weight is 367 g/mol. The lowest BCUT2D eigenvalue weighted by Crippen LogP contribution is -2.26. The van der Waals surface area contributed by atoms with E-state index in [0.29, 0.717) is 18.1 Å². The Morgan fingerprint density at radius 2 is 1.93 bits per heavy atom. The molecule has 142 valence electrons. The van der Waals surface area contributed by atoms with Gasteiger partial charge in [-0.3, -0.25) is 9.48 Å². The first-order valence-corrected chi connectivity index (χ1v) is 9.02. The van der Waals surface area contributed by atoms with E-state index in [0.717, 1.165) is 29.1 Å². The second-order valence-electron chi connectivity index (χ2n) is 6.70. The molecule has 2 aromatic heterocycles. The molecule has 0 aliphatic carbocycles. The van der Waals surface area contributed by atoms with Crippen molar-refractivity contribution in [2.45, 2.75) is 40.5 Å². The van der Waals surface area contributed by atoms with Crippen LogP contribution in [0, 0.1) is 13.8 Å². The summed E-state index contributed by atoms with van der Waals surface area (Å²) < 4.78 is 13.3. The zero-order valence-corrected chi connectivity index (χ0v) is 16.2. The van der Waals surface area contributed by atoms with E-state index in [1.54, 1.807) is 24.1 Å². The van der Waals surface area contributed by atoms with Gasteiger partial charge in [0, 0.05) is 19.8 Å². The third kappa shape index (κ3) is 4.78. The highest BCUT2D eigenvalue weighted by Crippen LogP contribution is 2.19. The van der Waals surface area contributed by atoms with Crippen LogP contribution in [0.5, 0.6) is 5.75 Å². The molecule has 0 unspecified atom stereocenters. The first kappa shape index (κ1) is 18.8. The molecule has 6 heteroatoms. The van der Waals surface area contributed by atoms with Gasteiger partial charge in [0.15, 0.2) is 5.76 Å². The Morgan fingerprint density at radius 3 is 2.59 bits per heavy atom. The summed E-state index contributed by atoms with van der Waals surface area (Å²) in [4.78, 5) is 14.2. The topological polar surface area (TPSA) is 60.5 Å². The zero-order chi connectivity index (χ0) is 19.4. The number of rotatable bonds is 7. The number of aryl methyl sites for hydroxylation is 3. The number of amides is 1. The molecule has 0 saturated carbocycles. The van der Waals surface area contributed by atoms with Crippen LogP contribution in [0.4, 0.5) is 0 Å². The SMILES string of the molecule is CCn1ccc(CN(C)C(=O)c2ccc(COc3cc(C)cc(C)c3)o2)n1. The molecule has 0 fully saturated rings. The van der Waals surface area contributed by atoms with Crippen LogP contribution in [0.1, 0.15) is 40.1 Å². The van der Waals surface area contributed by atoms with Crippen molar-refractivity contribution < 1.29 is 13.9 Å². The number of ether oxygens (including phenoxy) is 1. The summed E-state index contributed by atoms with van der Waals surface area (Å²) in [5.41, 5.74) is 3.14. The molecule has 3 rings (SSSR count). The van der Waals surface area contributed by atoms with Gasteiger partial charge in [0.05, 0.1) is 12.2 Å². The number of carbonyl (C=O) groups is 1. The summed E-state index contributed by atoms with van der Waals surface area (Å²) >= 11 is 0. The standard InChI is InChI=1S/C21H25N3O3/c1-5-24-9-8-17(22-24)13-23(4)21(25)20-7-6-18(27-20)14-26-19-11-15(2)10-16(3)12-19/h6-12H,5,13-14H2,1-4H3. The fraction of sp³-hybridized carbons (Fsp3) is 0.333. The van der Waals surface area contributed by atoms with Crippen molar-refractivity contribution in [3.8, 4) is 5.75 Å². The number of benzene rings is 1. The Bertz CT molecular complexity index is 906. The molecule has 0 spiro atoms. The van der Waals surface area contributed by atoms with E-state index >= 15 is 0 Å².